The van der Waals surface area contributed by atoms with Gasteiger partial charge < -0.3 is 4.90 Å². The van der Waals surface area contributed by atoms with Crippen LogP contribution in [0, 0.1) is 13.8 Å². The highest BCUT2D eigenvalue weighted by Gasteiger charge is 2.20. The summed E-state index contributed by atoms with van der Waals surface area (Å²) in [7, 11) is 0. The Morgan fingerprint density at radius 1 is 1.15 bits per heavy atom. The zero-order valence-corrected chi connectivity index (χ0v) is 15.6. The molecule has 5 heteroatoms. The number of pyridine rings is 1. The fourth-order valence-corrected chi connectivity index (χ4v) is 3.49. The van der Waals surface area contributed by atoms with Crippen LogP contribution in [-0.2, 0) is 19.4 Å². The van der Waals surface area contributed by atoms with Crippen molar-refractivity contribution in [3.8, 4) is 0 Å². The molecule has 4 rings (SSSR count). The van der Waals surface area contributed by atoms with Crippen molar-refractivity contribution in [1.82, 2.24) is 15.0 Å². The third kappa shape index (κ3) is 3.87. The molecule has 0 spiro atoms. The highest BCUT2D eigenvalue weighted by Crippen LogP contribution is 2.22. The van der Waals surface area contributed by atoms with Crippen LogP contribution in [0.15, 0.2) is 48.8 Å². The molecule has 0 N–H and O–H groups in total. The second-order valence-corrected chi connectivity index (χ2v) is 7.05. The zero-order chi connectivity index (χ0) is 18.8. The van der Waals surface area contributed by atoms with Gasteiger partial charge in [0, 0.05) is 49.5 Å². The van der Waals surface area contributed by atoms with Crippen LogP contribution in [-0.4, -0.2) is 27.3 Å². The van der Waals surface area contributed by atoms with Crippen LogP contribution in [0.2, 0.25) is 0 Å². The van der Waals surface area contributed by atoms with E-state index in [0.29, 0.717) is 12.0 Å². The Bertz CT molecular complexity index is 999. The fraction of sp³-hybridized carbons (Fsp3) is 0.273. The largest absolute Gasteiger partial charge is 0.352 e. The Labute approximate surface area is 159 Å². The molecule has 0 aliphatic carbocycles. The second kappa shape index (κ2) is 7.27. The first-order valence-electron chi connectivity index (χ1n) is 9.19. The number of nitrogens with zero attached hydrogens (tertiary/aromatic N) is 4. The highest BCUT2D eigenvalue weighted by molar-refractivity contribution is 5.98. The predicted octanol–water partition coefficient (Wildman–Crippen LogP) is 3.48. The SMILES string of the molecule is Cc1cccc(CC(=O)c2ccnc(N3CCc4nc(C)ncc4C3)c2)c1. The molecular formula is C22H22N4O. The Kier molecular flexibility index (Phi) is 4.67. The molecule has 3 aromatic rings. The van der Waals surface area contributed by atoms with E-state index in [0.717, 1.165) is 48.0 Å². The van der Waals surface area contributed by atoms with E-state index in [1.807, 2.05) is 44.3 Å². The molecule has 2 aromatic heterocycles. The molecule has 0 fully saturated rings. The number of rotatable bonds is 4. The van der Waals surface area contributed by atoms with E-state index < -0.39 is 0 Å². The van der Waals surface area contributed by atoms with Crippen molar-refractivity contribution < 1.29 is 4.79 Å². The maximum Gasteiger partial charge on any atom is 0.167 e. The lowest BCUT2D eigenvalue weighted by atomic mass is 10.0. The van der Waals surface area contributed by atoms with Gasteiger partial charge in [0.25, 0.3) is 0 Å². The van der Waals surface area contributed by atoms with Crippen LogP contribution in [0.1, 0.15) is 38.6 Å². The maximum absolute atomic E-state index is 12.7. The summed E-state index contributed by atoms with van der Waals surface area (Å²) in [5, 5.41) is 0. The Morgan fingerprint density at radius 2 is 2.04 bits per heavy atom. The van der Waals surface area contributed by atoms with Gasteiger partial charge in [-0.2, -0.15) is 0 Å². The lowest BCUT2D eigenvalue weighted by molar-refractivity contribution is 0.0993. The fourth-order valence-electron chi connectivity index (χ4n) is 3.49. The second-order valence-electron chi connectivity index (χ2n) is 7.05. The number of aryl methyl sites for hydroxylation is 2. The summed E-state index contributed by atoms with van der Waals surface area (Å²) in [6, 6.07) is 11.8. The number of anilines is 1. The van der Waals surface area contributed by atoms with Crippen molar-refractivity contribution in [3.63, 3.8) is 0 Å². The highest BCUT2D eigenvalue weighted by atomic mass is 16.1. The average Bonchev–Trinajstić information content (AvgIpc) is 2.67. The number of Topliss-reactive ketones (excluding diaryl/α,β-unsaturated/α-hetero) is 1. The van der Waals surface area contributed by atoms with Crippen molar-refractivity contribution in [2.45, 2.75) is 33.2 Å². The smallest absolute Gasteiger partial charge is 0.167 e. The van der Waals surface area contributed by atoms with Gasteiger partial charge in [0.2, 0.25) is 0 Å². The van der Waals surface area contributed by atoms with Gasteiger partial charge in [-0.25, -0.2) is 15.0 Å². The van der Waals surface area contributed by atoms with Crippen LogP contribution < -0.4 is 4.90 Å². The molecule has 1 aliphatic heterocycles. The first kappa shape index (κ1) is 17.3. The van der Waals surface area contributed by atoms with E-state index in [-0.39, 0.29) is 5.78 Å². The van der Waals surface area contributed by atoms with Gasteiger partial charge in [0.05, 0.1) is 5.69 Å². The first-order valence-corrected chi connectivity index (χ1v) is 9.19. The van der Waals surface area contributed by atoms with E-state index in [1.165, 1.54) is 5.56 Å². The predicted molar refractivity (Wildman–Crippen MR) is 105 cm³/mol. The van der Waals surface area contributed by atoms with Crippen molar-refractivity contribution >= 4 is 11.6 Å². The molecular weight excluding hydrogens is 336 g/mol. The molecule has 5 nitrogen and oxygen atoms in total. The lowest BCUT2D eigenvalue weighted by Gasteiger charge is -2.29. The normalized spacial score (nSPS) is 13.3. The summed E-state index contributed by atoms with van der Waals surface area (Å²) in [6.07, 6.45) is 4.89. The molecule has 0 bridgehead atoms. The van der Waals surface area contributed by atoms with Crippen LogP contribution in [0.3, 0.4) is 0 Å². The van der Waals surface area contributed by atoms with Gasteiger partial charge in [-0.05, 0) is 31.5 Å². The molecule has 1 aliphatic rings. The van der Waals surface area contributed by atoms with Crippen LogP contribution >= 0.6 is 0 Å². The van der Waals surface area contributed by atoms with E-state index in [9.17, 15) is 4.79 Å². The third-order valence-electron chi connectivity index (χ3n) is 4.89. The average molecular weight is 358 g/mol. The topological polar surface area (TPSA) is 59.0 Å². The van der Waals surface area contributed by atoms with Crippen LogP contribution in [0.5, 0.6) is 0 Å². The summed E-state index contributed by atoms with van der Waals surface area (Å²) >= 11 is 0. The molecule has 0 unspecified atom stereocenters. The maximum atomic E-state index is 12.7. The minimum Gasteiger partial charge on any atom is -0.352 e. The van der Waals surface area contributed by atoms with E-state index in [2.05, 4.69) is 25.9 Å². The Morgan fingerprint density at radius 3 is 2.89 bits per heavy atom. The van der Waals surface area contributed by atoms with Gasteiger partial charge in [-0.3, -0.25) is 4.79 Å². The molecule has 27 heavy (non-hydrogen) atoms. The molecule has 3 heterocycles. The van der Waals surface area contributed by atoms with Crippen LogP contribution in [0.4, 0.5) is 5.82 Å². The van der Waals surface area contributed by atoms with Crippen molar-refractivity contribution in [2.75, 3.05) is 11.4 Å². The molecule has 0 saturated heterocycles. The standard InChI is InChI=1S/C22H22N4O/c1-15-4-3-5-17(10-15)11-21(27)18-6-8-23-22(12-18)26-9-7-20-19(14-26)13-24-16(2)25-20/h3-6,8,10,12-13H,7,9,11,14H2,1-2H3. The van der Waals surface area contributed by atoms with E-state index in [4.69, 9.17) is 0 Å². The lowest BCUT2D eigenvalue weighted by Crippen LogP contribution is -2.32. The van der Waals surface area contributed by atoms with Crippen molar-refractivity contribution in [3.05, 3.63) is 82.6 Å². The number of carbonyl (C=O) groups is 1. The minimum atomic E-state index is 0.112. The molecule has 0 saturated carbocycles. The van der Waals surface area contributed by atoms with Gasteiger partial charge in [-0.15, -0.1) is 0 Å². The van der Waals surface area contributed by atoms with Crippen LogP contribution in [0.25, 0.3) is 0 Å². The van der Waals surface area contributed by atoms with Crippen molar-refractivity contribution in [1.29, 1.82) is 0 Å². The number of aromatic nitrogens is 3. The molecule has 0 radical (unpaired) electrons. The van der Waals surface area contributed by atoms with Gasteiger partial charge in [0.15, 0.2) is 5.78 Å². The summed E-state index contributed by atoms with van der Waals surface area (Å²) < 4.78 is 0. The monoisotopic (exact) mass is 358 g/mol. The van der Waals surface area contributed by atoms with E-state index >= 15 is 0 Å². The van der Waals surface area contributed by atoms with Gasteiger partial charge in [-0.1, -0.05) is 29.8 Å². The Hall–Kier alpha value is -3.08. The number of hydrogen-bond acceptors (Lipinski definition) is 5. The summed E-state index contributed by atoms with van der Waals surface area (Å²) in [4.78, 5) is 28.2. The summed E-state index contributed by atoms with van der Waals surface area (Å²) in [5.74, 6) is 1.75. The zero-order valence-electron chi connectivity index (χ0n) is 15.6. The van der Waals surface area contributed by atoms with Gasteiger partial charge in [0.1, 0.15) is 11.6 Å². The molecule has 0 atom stereocenters. The van der Waals surface area contributed by atoms with Gasteiger partial charge >= 0.3 is 0 Å². The molecule has 136 valence electrons. The quantitative estimate of drug-likeness (QED) is 0.668. The molecule has 1 aromatic carbocycles. The number of ketones is 1. The van der Waals surface area contributed by atoms with Crippen molar-refractivity contribution in [2.24, 2.45) is 0 Å². The number of carbonyl (C=O) groups excluding carboxylic acids is 1. The first-order chi connectivity index (χ1) is 13.1. The third-order valence-corrected chi connectivity index (χ3v) is 4.89. The summed E-state index contributed by atoms with van der Waals surface area (Å²) in [6.45, 7) is 5.51. The van der Waals surface area contributed by atoms with E-state index in [1.54, 1.807) is 12.3 Å². The molecule has 0 amide bonds. The minimum absolute atomic E-state index is 0.112. The number of fused-ring (bicyclic) bond motifs is 1. The number of benzene rings is 1. The summed E-state index contributed by atoms with van der Waals surface area (Å²) in [5.41, 5.74) is 5.15. The number of hydrogen-bond donors (Lipinski definition) is 0. The Balaban J connectivity index is 1.52.